The van der Waals surface area contributed by atoms with Gasteiger partial charge in [0.15, 0.2) is 5.65 Å². The molecule has 0 N–H and O–H groups in total. The molecule has 0 bridgehead atoms. The zero-order valence-corrected chi connectivity index (χ0v) is 20.4. The van der Waals surface area contributed by atoms with Gasteiger partial charge in [0.1, 0.15) is 12.5 Å². The monoisotopic (exact) mass is 519 g/mol. The average Bonchev–Trinajstić information content (AvgIpc) is 3.47. The maximum absolute atomic E-state index is 13.2. The number of amides is 1. The second-order valence-corrected chi connectivity index (χ2v) is 10.6. The molecule has 2 aromatic heterocycles. The van der Waals surface area contributed by atoms with Crippen molar-refractivity contribution in [3.8, 4) is 6.07 Å². The fourth-order valence-electron chi connectivity index (χ4n) is 4.76. The third-order valence-corrected chi connectivity index (χ3v) is 8.24. The maximum atomic E-state index is 13.2. The molecule has 1 amide bonds. The minimum absolute atomic E-state index is 0.0572. The summed E-state index contributed by atoms with van der Waals surface area (Å²) < 4.78 is 65.9. The number of hydrogen-bond donors (Lipinski definition) is 0. The van der Waals surface area contributed by atoms with Gasteiger partial charge in [-0.15, -0.1) is 0 Å². The second-order valence-electron chi connectivity index (χ2n) is 8.74. The molecular formula is C24H24F3N5O3S. The second kappa shape index (κ2) is 9.46. The zero-order chi connectivity index (χ0) is 26.3. The van der Waals surface area contributed by atoms with Gasteiger partial charge in [-0.25, -0.2) is 17.4 Å². The number of carbonyl (C=O) groups is 1. The first-order valence-electron chi connectivity index (χ1n) is 11.3. The van der Waals surface area contributed by atoms with Crippen LogP contribution in [0.1, 0.15) is 25.3 Å². The average molecular weight is 520 g/mol. The molecule has 0 spiro atoms. The van der Waals surface area contributed by atoms with Crippen molar-refractivity contribution in [2.75, 3.05) is 25.0 Å². The Morgan fingerprint density at radius 2 is 1.92 bits per heavy atom. The van der Waals surface area contributed by atoms with E-state index in [4.69, 9.17) is 0 Å². The molecule has 12 heteroatoms. The topological polar surface area (TPSA) is 99.3 Å². The summed E-state index contributed by atoms with van der Waals surface area (Å²) in [5.74, 6) is -1.13. The largest absolute Gasteiger partial charge is 0.397 e. The molecular weight excluding hydrogens is 495 g/mol. The molecule has 1 aliphatic heterocycles. The SMILES string of the molecule is CC[C@H]1CN(C(=O)CC(F)(F)F)C[C@H]1N(C)c1c(C#N)cnc2c1ccn2S(=O)(=O)c1ccccc1. The Morgan fingerprint density at radius 1 is 1.22 bits per heavy atom. The number of fused-ring (bicyclic) bond motifs is 1. The van der Waals surface area contributed by atoms with Gasteiger partial charge in [0, 0.05) is 37.9 Å². The molecule has 3 heterocycles. The van der Waals surface area contributed by atoms with Crippen LogP contribution in [0.4, 0.5) is 18.9 Å². The lowest BCUT2D eigenvalue weighted by Gasteiger charge is -2.31. The smallest absolute Gasteiger partial charge is 0.368 e. The normalized spacial score (nSPS) is 18.4. The van der Waals surface area contributed by atoms with Gasteiger partial charge >= 0.3 is 6.18 Å². The van der Waals surface area contributed by atoms with Crippen LogP contribution in [0.15, 0.2) is 53.7 Å². The minimum atomic E-state index is -4.60. The lowest BCUT2D eigenvalue weighted by Crippen LogP contribution is -2.40. The molecule has 0 saturated carbocycles. The fraction of sp³-hybridized carbons (Fsp3) is 0.375. The summed E-state index contributed by atoms with van der Waals surface area (Å²) >= 11 is 0. The number of rotatable bonds is 6. The van der Waals surface area contributed by atoms with Gasteiger partial charge in [-0.1, -0.05) is 25.1 Å². The van der Waals surface area contributed by atoms with Crippen molar-refractivity contribution in [2.45, 2.75) is 36.9 Å². The van der Waals surface area contributed by atoms with Crippen molar-refractivity contribution in [3.63, 3.8) is 0 Å². The number of carbonyl (C=O) groups excluding carboxylic acids is 1. The van der Waals surface area contributed by atoms with Gasteiger partial charge in [0.25, 0.3) is 10.0 Å². The number of likely N-dealkylation sites (tertiary alicyclic amines) is 1. The van der Waals surface area contributed by atoms with E-state index >= 15 is 0 Å². The predicted molar refractivity (Wildman–Crippen MR) is 127 cm³/mol. The minimum Gasteiger partial charge on any atom is -0.368 e. The van der Waals surface area contributed by atoms with Crippen LogP contribution in [0, 0.1) is 17.2 Å². The number of benzene rings is 1. The number of nitrogens with zero attached hydrogens (tertiary/aromatic N) is 5. The van der Waals surface area contributed by atoms with Gasteiger partial charge < -0.3 is 9.80 Å². The van der Waals surface area contributed by atoms with Crippen LogP contribution in [0.2, 0.25) is 0 Å². The van der Waals surface area contributed by atoms with Crippen molar-refractivity contribution >= 4 is 32.7 Å². The number of alkyl halides is 3. The summed E-state index contributed by atoms with van der Waals surface area (Å²) in [6, 6.07) is 11.1. The van der Waals surface area contributed by atoms with E-state index in [9.17, 15) is 31.6 Å². The molecule has 8 nitrogen and oxygen atoms in total. The first-order chi connectivity index (χ1) is 17.0. The molecule has 0 radical (unpaired) electrons. The van der Waals surface area contributed by atoms with Crippen LogP contribution in [0.3, 0.4) is 0 Å². The molecule has 4 rings (SSSR count). The van der Waals surface area contributed by atoms with Gasteiger partial charge in [0.2, 0.25) is 5.91 Å². The molecule has 2 atom stereocenters. The van der Waals surface area contributed by atoms with E-state index in [1.165, 1.54) is 29.4 Å². The number of hydrogen-bond acceptors (Lipinski definition) is 6. The van der Waals surface area contributed by atoms with E-state index in [2.05, 4.69) is 11.1 Å². The summed E-state index contributed by atoms with van der Waals surface area (Å²) in [4.78, 5) is 19.5. The van der Waals surface area contributed by atoms with Crippen molar-refractivity contribution in [1.29, 1.82) is 5.26 Å². The van der Waals surface area contributed by atoms with Crippen LogP contribution < -0.4 is 4.90 Å². The van der Waals surface area contributed by atoms with Gasteiger partial charge in [0.05, 0.1) is 22.2 Å². The van der Waals surface area contributed by atoms with E-state index in [-0.39, 0.29) is 41.2 Å². The lowest BCUT2D eigenvalue weighted by atomic mass is 9.98. The molecule has 1 fully saturated rings. The summed E-state index contributed by atoms with van der Waals surface area (Å²) in [6.45, 7) is 2.11. The Morgan fingerprint density at radius 3 is 2.53 bits per heavy atom. The zero-order valence-electron chi connectivity index (χ0n) is 19.6. The Kier molecular flexibility index (Phi) is 6.70. The third kappa shape index (κ3) is 4.63. The Bertz CT molecular complexity index is 1430. The summed E-state index contributed by atoms with van der Waals surface area (Å²) in [6.07, 6.45) is -2.87. The van der Waals surface area contributed by atoms with E-state index < -0.39 is 28.5 Å². The standard InChI is InChI=1S/C24H24F3N5O3S/c1-3-16-14-31(21(33)11-24(25,26)27)15-20(16)30(2)22-17(12-28)13-29-23-19(22)9-10-32(23)36(34,35)18-7-5-4-6-8-18/h4-10,13,16,20H,3,11,14-15H2,1-2H3/t16-,20+/m0/s1. The quantitative estimate of drug-likeness (QED) is 0.492. The molecule has 36 heavy (non-hydrogen) atoms. The van der Waals surface area contributed by atoms with Crippen molar-refractivity contribution in [1.82, 2.24) is 13.9 Å². The number of pyridine rings is 1. The number of anilines is 1. The fourth-order valence-corrected chi connectivity index (χ4v) is 6.08. The van der Waals surface area contributed by atoms with Crippen LogP contribution in [0.25, 0.3) is 11.0 Å². The van der Waals surface area contributed by atoms with Gasteiger partial charge in [-0.3, -0.25) is 4.79 Å². The molecule has 190 valence electrons. The highest BCUT2D eigenvalue weighted by molar-refractivity contribution is 7.90. The van der Waals surface area contributed by atoms with E-state index in [0.717, 1.165) is 3.97 Å². The van der Waals surface area contributed by atoms with Crippen molar-refractivity contribution in [2.24, 2.45) is 5.92 Å². The maximum Gasteiger partial charge on any atom is 0.397 e. The number of nitriles is 1. The van der Waals surface area contributed by atoms with Crippen LogP contribution in [0.5, 0.6) is 0 Å². The highest BCUT2D eigenvalue weighted by Gasteiger charge is 2.41. The molecule has 3 aromatic rings. The molecule has 1 saturated heterocycles. The van der Waals surface area contributed by atoms with Gasteiger partial charge in [-0.05, 0) is 30.5 Å². The Hall–Kier alpha value is -3.59. The number of aromatic nitrogens is 2. The molecule has 0 aliphatic carbocycles. The highest BCUT2D eigenvalue weighted by atomic mass is 32.2. The Labute approximate surface area is 206 Å². The van der Waals surface area contributed by atoms with Crippen LogP contribution in [-0.4, -0.2) is 60.5 Å². The lowest BCUT2D eigenvalue weighted by molar-refractivity contribution is -0.160. The number of halogens is 3. The van der Waals surface area contributed by atoms with Gasteiger partial charge in [-0.2, -0.15) is 18.4 Å². The number of likely N-dealkylation sites (N-methyl/N-ethyl adjacent to an activating group) is 1. The molecule has 0 unspecified atom stereocenters. The Balaban J connectivity index is 1.75. The van der Waals surface area contributed by atoms with E-state index in [1.54, 1.807) is 36.2 Å². The van der Waals surface area contributed by atoms with Crippen LogP contribution in [-0.2, 0) is 14.8 Å². The first kappa shape index (κ1) is 25.5. The van der Waals surface area contributed by atoms with Crippen molar-refractivity contribution < 1.29 is 26.4 Å². The van der Waals surface area contributed by atoms with Crippen molar-refractivity contribution in [3.05, 3.63) is 54.4 Å². The summed E-state index contributed by atoms with van der Waals surface area (Å²) in [5.41, 5.74) is 0.726. The first-order valence-corrected chi connectivity index (χ1v) is 12.7. The molecule has 1 aromatic carbocycles. The molecule has 1 aliphatic rings. The van der Waals surface area contributed by atoms with E-state index in [1.807, 2.05) is 6.92 Å². The summed E-state index contributed by atoms with van der Waals surface area (Å²) in [7, 11) is -2.26. The van der Waals surface area contributed by atoms with Crippen LogP contribution >= 0.6 is 0 Å². The summed E-state index contributed by atoms with van der Waals surface area (Å²) in [5, 5.41) is 10.2. The predicted octanol–water partition coefficient (Wildman–Crippen LogP) is 3.77. The van der Waals surface area contributed by atoms with E-state index in [0.29, 0.717) is 17.5 Å². The third-order valence-electron chi connectivity index (χ3n) is 6.56. The highest BCUT2D eigenvalue weighted by Crippen LogP contribution is 2.36.